The van der Waals surface area contributed by atoms with Crippen molar-refractivity contribution in [2.24, 2.45) is 10.2 Å². The van der Waals surface area contributed by atoms with Crippen LogP contribution in [0.1, 0.15) is 20.8 Å². The molecule has 2 nitrogen and oxygen atoms in total. The van der Waals surface area contributed by atoms with Crippen LogP contribution in [-0.4, -0.2) is 0 Å². The molecule has 0 atom stereocenters. The molecule has 0 unspecified atom stereocenters. The summed E-state index contributed by atoms with van der Waals surface area (Å²) in [7, 11) is 0. The van der Waals surface area contributed by atoms with Crippen LogP contribution >= 0.6 is 0 Å². The predicted octanol–water partition coefficient (Wildman–Crippen LogP) is 2.79. The van der Waals surface area contributed by atoms with E-state index in [-0.39, 0.29) is 72.8 Å². The number of hydrogen-bond acceptors (Lipinski definition) is 2. The van der Waals surface area contributed by atoms with Gasteiger partial charge >= 0.3 is 32.7 Å². The van der Waals surface area contributed by atoms with Crippen LogP contribution in [0.15, 0.2) is 15.9 Å². The zero-order valence-corrected chi connectivity index (χ0v) is 13.3. The minimum Gasteiger partial charge on any atom is -0.475 e. The van der Waals surface area contributed by atoms with E-state index in [1.54, 1.807) is 6.54 Å². The van der Waals surface area contributed by atoms with Crippen LogP contribution in [-0.2, 0) is 65.4 Å². The molecule has 0 saturated carbocycles. The van der Waals surface area contributed by atoms with Crippen molar-refractivity contribution in [1.29, 1.82) is 0 Å². The van der Waals surface area contributed by atoms with Crippen molar-refractivity contribution in [2.75, 3.05) is 0 Å². The van der Waals surface area contributed by atoms with Crippen LogP contribution in [0, 0.1) is 20.0 Å². The number of azo groups is 1. The fraction of sp³-hybridized carbons (Fsp3) is 0.429. The van der Waals surface area contributed by atoms with E-state index >= 15 is 0 Å². The Balaban J connectivity index is -0.0000000817. The summed E-state index contributed by atoms with van der Waals surface area (Å²) in [4.78, 5) is 0. The molecule has 0 aromatic rings. The maximum Gasteiger partial charge on any atom is 3.00 e. The zero-order chi connectivity index (χ0) is 6.41. The summed E-state index contributed by atoms with van der Waals surface area (Å²) in [6, 6.07) is 0. The fourth-order valence-electron chi connectivity index (χ4n) is 0.194. The molecule has 0 heterocycles. The summed E-state index contributed by atoms with van der Waals surface area (Å²) in [5, 5.41) is 7.38. The van der Waals surface area contributed by atoms with Gasteiger partial charge in [0.2, 0.25) is 0 Å². The summed E-state index contributed by atoms with van der Waals surface area (Å²) in [6.45, 7) is 7.13. The van der Waals surface area contributed by atoms with Gasteiger partial charge in [0.15, 0.2) is 0 Å². The first-order valence-electron chi connectivity index (χ1n) is 2.51. The molecular weight excluding hydrogens is 290 g/mol. The van der Waals surface area contributed by atoms with Crippen LogP contribution in [0.3, 0.4) is 0 Å². The standard InChI is InChI=1S/C6H10N2.CH3.2Y/c1-4-6(3)8-7-5-2;;;/h5H,1-3H3;1H3;;/q-2;-1;;+3. The molecular formula is C7H13N2Y2. The summed E-state index contributed by atoms with van der Waals surface area (Å²) in [6.07, 6.45) is 2.84. The maximum atomic E-state index is 3.74. The Morgan fingerprint density at radius 1 is 1.45 bits per heavy atom. The normalized spacial score (nSPS) is 9.18. The van der Waals surface area contributed by atoms with Gasteiger partial charge in [-0.25, -0.2) is 5.11 Å². The van der Waals surface area contributed by atoms with Gasteiger partial charge in [-0.1, -0.05) is 6.92 Å². The van der Waals surface area contributed by atoms with Crippen LogP contribution < -0.4 is 0 Å². The van der Waals surface area contributed by atoms with Crippen molar-refractivity contribution in [3.8, 4) is 0 Å². The molecule has 11 heavy (non-hydrogen) atoms. The third-order valence-corrected chi connectivity index (χ3v) is 0.685. The molecule has 0 aromatic carbocycles. The molecule has 1 radical (unpaired) electrons. The molecule has 0 amide bonds. The third kappa shape index (κ3) is 18.4. The van der Waals surface area contributed by atoms with Gasteiger partial charge in [-0.3, -0.25) is 6.54 Å². The van der Waals surface area contributed by atoms with Crippen LogP contribution in [0.2, 0.25) is 0 Å². The van der Waals surface area contributed by atoms with Gasteiger partial charge in [-0.05, 0) is 0 Å². The largest absolute Gasteiger partial charge is 3.00 e. The van der Waals surface area contributed by atoms with Gasteiger partial charge in [0.1, 0.15) is 0 Å². The van der Waals surface area contributed by atoms with E-state index in [1.165, 1.54) is 0 Å². The first-order valence-corrected chi connectivity index (χ1v) is 2.51. The smallest absolute Gasteiger partial charge is 0.475 e. The van der Waals surface area contributed by atoms with Crippen molar-refractivity contribution >= 4 is 0 Å². The Morgan fingerprint density at radius 3 is 2.18 bits per heavy atom. The van der Waals surface area contributed by atoms with Crippen LogP contribution in [0.25, 0.3) is 0 Å². The minimum absolute atomic E-state index is 0. The molecule has 0 bridgehead atoms. The van der Waals surface area contributed by atoms with E-state index in [9.17, 15) is 0 Å². The van der Waals surface area contributed by atoms with Crippen molar-refractivity contribution in [1.82, 2.24) is 0 Å². The Morgan fingerprint density at radius 2 is 1.91 bits per heavy atom. The zero-order valence-electron chi connectivity index (χ0n) is 7.63. The average Bonchev–Trinajstić information content (AvgIpc) is 1.83. The Labute approximate surface area is 120 Å². The van der Waals surface area contributed by atoms with Crippen LogP contribution in [0.5, 0.6) is 0 Å². The molecule has 0 fully saturated rings. The maximum absolute atomic E-state index is 3.74. The predicted molar refractivity (Wildman–Crippen MR) is 39.3 cm³/mol. The number of hydrogen-bond donors (Lipinski definition) is 0. The van der Waals surface area contributed by atoms with E-state index in [0.717, 1.165) is 5.70 Å². The summed E-state index contributed by atoms with van der Waals surface area (Å²) in [5.74, 6) is 0. The molecule has 0 N–H and O–H groups in total. The Hall–Kier alpha value is 1.42. The SMILES string of the molecule is C[C-]=C(C)N=N[CH-]C.[CH3-].[Y+3].[Y]. The number of allylic oxidation sites excluding steroid dienone is 2. The van der Waals surface area contributed by atoms with Crippen molar-refractivity contribution < 1.29 is 65.4 Å². The van der Waals surface area contributed by atoms with E-state index in [0.29, 0.717) is 0 Å². The van der Waals surface area contributed by atoms with Gasteiger partial charge in [0.25, 0.3) is 0 Å². The quantitative estimate of drug-likeness (QED) is 0.553. The van der Waals surface area contributed by atoms with Crippen LogP contribution in [0.4, 0.5) is 0 Å². The Bertz CT molecular complexity index is 111. The van der Waals surface area contributed by atoms with Crippen molar-refractivity contribution in [3.05, 3.63) is 25.7 Å². The molecule has 0 aromatic heterocycles. The third-order valence-electron chi connectivity index (χ3n) is 0.685. The van der Waals surface area contributed by atoms with E-state index in [1.807, 2.05) is 20.8 Å². The van der Waals surface area contributed by atoms with E-state index < -0.39 is 0 Å². The summed E-state index contributed by atoms with van der Waals surface area (Å²) < 4.78 is 0. The van der Waals surface area contributed by atoms with Gasteiger partial charge in [-0.15, -0.1) is 5.70 Å². The average molecular weight is 303 g/mol. The minimum atomic E-state index is 0. The second kappa shape index (κ2) is 17.5. The first kappa shape index (κ1) is 22.8. The fourth-order valence-corrected chi connectivity index (χ4v) is 0.194. The molecule has 0 aliphatic heterocycles. The second-order valence-electron chi connectivity index (χ2n) is 1.31. The molecule has 0 saturated heterocycles. The van der Waals surface area contributed by atoms with E-state index in [4.69, 9.17) is 0 Å². The first-order chi connectivity index (χ1) is 3.81. The molecule has 57 valence electrons. The molecule has 0 aliphatic carbocycles. The molecule has 0 aliphatic rings. The second-order valence-corrected chi connectivity index (χ2v) is 1.31. The Kier molecular flexibility index (Phi) is 36.3. The monoisotopic (exact) mass is 303 g/mol. The summed E-state index contributed by atoms with van der Waals surface area (Å²) in [5.41, 5.74) is 0.822. The molecule has 0 spiro atoms. The van der Waals surface area contributed by atoms with Gasteiger partial charge < -0.3 is 18.6 Å². The molecule has 0 rings (SSSR count). The van der Waals surface area contributed by atoms with Crippen molar-refractivity contribution in [2.45, 2.75) is 20.8 Å². The van der Waals surface area contributed by atoms with Gasteiger partial charge in [0, 0.05) is 32.7 Å². The van der Waals surface area contributed by atoms with Gasteiger partial charge in [0.05, 0.1) is 0 Å². The topological polar surface area (TPSA) is 24.7 Å². The van der Waals surface area contributed by atoms with Gasteiger partial charge in [-0.2, -0.15) is 13.8 Å². The van der Waals surface area contributed by atoms with E-state index in [2.05, 4.69) is 16.3 Å². The number of rotatable bonds is 2. The van der Waals surface area contributed by atoms with Crippen molar-refractivity contribution in [3.63, 3.8) is 0 Å². The molecule has 4 heteroatoms. The number of nitrogens with zero attached hydrogens (tertiary/aromatic N) is 2. The summed E-state index contributed by atoms with van der Waals surface area (Å²) >= 11 is 0.